The lowest BCUT2D eigenvalue weighted by Gasteiger charge is -2.10. The summed E-state index contributed by atoms with van der Waals surface area (Å²) in [7, 11) is 0. The molecule has 1 heterocycles. The van der Waals surface area contributed by atoms with Crippen LogP contribution in [-0.2, 0) is 4.79 Å². The SMILES string of the molecule is CCNC(=O)[C@H](C)Sc1nnnn1-c1ccc(O)cc1. The average molecular weight is 293 g/mol. The fraction of sp³-hybridized carbons (Fsp3) is 0.333. The third-order valence-electron chi connectivity index (χ3n) is 2.54. The Bertz CT molecular complexity index is 584. The van der Waals surface area contributed by atoms with Gasteiger partial charge < -0.3 is 10.4 Å². The molecule has 2 N–H and O–H groups in total. The maximum Gasteiger partial charge on any atom is 0.233 e. The second kappa shape index (κ2) is 6.38. The molecule has 0 unspecified atom stereocenters. The molecule has 0 aliphatic heterocycles. The Morgan fingerprint density at radius 3 is 2.80 bits per heavy atom. The van der Waals surface area contributed by atoms with Crippen LogP contribution in [0.4, 0.5) is 0 Å². The van der Waals surface area contributed by atoms with Gasteiger partial charge in [0.25, 0.3) is 0 Å². The molecule has 20 heavy (non-hydrogen) atoms. The van der Waals surface area contributed by atoms with Gasteiger partial charge in [-0.2, -0.15) is 4.68 Å². The van der Waals surface area contributed by atoms with E-state index in [4.69, 9.17) is 0 Å². The highest BCUT2D eigenvalue weighted by atomic mass is 32.2. The zero-order chi connectivity index (χ0) is 14.5. The molecule has 7 nitrogen and oxygen atoms in total. The molecule has 0 aliphatic carbocycles. The van der Waals surface area contributed by atoms with Crippen LogP contribution >= 0.6 is 11.8 Å². The number of hydrogen-bond donors (Lipinski definition) is 2. The van der Waals surface area contributed by atoms with Crippen molar-refractivity contribution in [2.75, 3.05) is 6.54 Å². The van der Waals surface area contributed by atoms with Crippen molar-refractivity contribution < 1.29 is 9.90 Å². The number of aromatic hydroxyl groups is 1. The van der Waals surface area contributed by atoms with E-state index in [0.717, 1.165) is 5.69 Å². The van der Waals surface area contributed by atoms with E-state index in [1.807, 2.05) is 6.92 Å². The topological polar surface area (TPSA) is 92.9 Å². The van der Waals surface area contributed by atoms with E-state index in [9.17, 15) is 9.90 Å². The molecule has 0 saturated carbocycles. The lowest BCUT2D eigenvalue weighted by Crippen LogP contribution is -2.30. The number of hydrogen-bond acceptors (Lipinski definition) is 6. The van der Waals surface area contributed by atoms with Crippen LogP contribution in [0.25, 0.3) is 5.69 Å². The number of carbonyl (C=O) groups is 1. The lowest BCUT2D eigenvalue weighted by molar-refractivity contribution is -0.120. The number of aromatic nitrogens is 4. The van der Waals surface area contributed by atoms with Crippen molar-refractivity contribution in [3.63, 3.8) is 0 Å². The first kappa shape index (κ1) is 14.3. The molecule has 0 radical (unpaired) electrons. The summed E-state index contributed by atoms with van der Waals surface area (Å²) in [6, 6.07) is 6.51. The van der Waals surface area contributed by atoms with E-state index >= 15 is 0 Å². The molecule has 0 fully saturated rings. The van der Waals surface area contributed by atoms with E-state index in [0.29, 0.717) is 11.7 Å². The molecule has 1 amide bonds. The van der Waals surface area contributed by atoms with Gasteiger partial charge in [0, 0.05) is 6.54 Å². The normalized spacial score (nSPS) is 12.1. The van der Waals surface area contributed by atoms with Gasteiger partial charge in [-0.15, -0.1) is 5.10 Å². The Balaban J connectivity index is 2.16. The van der Waals surface area contributed by atoms with Crippen molar-refractivity contribution in [2.24, 2.45) is 0 Å². The minimum atomic E-state index is -0.295. The minimum absolute atomic E-state index is 0.0576. The van der Waals surface area contributed by atoms with Crippen molar-refractivity contribution in [2.45, 2.75) is 24.3 Å². The minimum Gasteiger partial charge on any atom is -0.508 e. The third kappa shape index (κ3) is 3.27. The molecule has 8 heteroatoms. The van der Waals surface area contributed by atoms with Gasteiger partial charge in [0.2, 0.25) is 11.1 Å². The predicted molar refractivity (Wildman–Crippen MR) is 74.8 cm³/mol. The fourth-order valence-electron chi connectivity index (χ4n) is 1.54. The largest absolute Gasteiger partial charge is 0.508 e. The van der Waals surface area contributed by atoms with Gasteiger partial charge >= 0.3 is 0 Å². The first-order valence-electron chi connectivity index (χ1n) is 6.14. The Hall–Kier alpha value is -2.09. The van der Waals surface area contributed by atoms with E-state index in [-0.39, 0.29) is 16.9 Å². The number of phenols is 1. The van der Waals surface area contributed by atoms with Gasteiger partial charge in [-0.3, -0.25) is 4.79 Å². The first-order chi connectivity index (χ1) is 9.61. The molecular formula is C12H15N5O2S. The number of nitrogens with one attached hydrogen (secondary N) is 1. The van der Waals surface area contributed by atoms with Crippen molar-refractivity contribution in [3.8, 4) is 11.4 Å². The molecule has 1 aromatic heterocycles. The number of thioether (sulfide) groups is 1. The molecule has 0 spiro atoms. The van der Waals surface area contributed by atoms with Gasteiger partial charge in [0.1, 0.15) is 5.75 Å². The van der Waals surface area contributed by atoms with Crippen molar-refractivity contribution in [1.29, 1.82) is 0 Å². The summed E-state index contributed by atoms with van der Waals surface area (Å²) in [6.07, 6.45) is 0. The molecule has 1 aromatic carbocycles. The van der Waals surface area contributed by atoms with Crippen LogP contribution in [0, 0.1) is 0 Å². The van der Waals surface area contributed by atoms with Crippen molar-refractivity contribution >= 4 is 17.7 Å². The van der Waals surface area contributed by atoms with E-state index < -0.39 is 0 Å². The van der Waals surface area contributed by atoms with Crippen LogP contribution < -0.4 is 5.32 Å². The predicted octanol–water partition coefficient (Wildman–Crippen LogP) is 0.985. The summed E-state index contributed by atoms with van der Waals surface area (Å²) < 4.78 is 1.53. The lowest BCUT2D eigenvalue weighted by atomic mass is 10.3. The second-order valence-electron chi connectivity index (χ2n) is 4.04. The van der Waals surface area contributed by atoms with Gasteiger partial charge in [-0.05, 0) is 48.5 Å². The summed E-state index contributed by atoms with van der Waals surface area (Å²) in [5.74, 6) is 0.115. The average Bonchev–Trinajstić information content (AvgIpc) is 2.88. The molecule has 0 bridgehead atoms. The number of tetrazole rings is 1. The molecule has 0 aliphatic rings. The van der Waals surface area contributed by atoms with E-state index in [2.05, 4.69) is 20.8 Å². The zero-order valence-corrected chi connectivity index (χ0v) is 12.0. The number of phenolic OH excluding ortho intramolecular Hbond substituents is 1. The highest BCUT2D eigenvalue weighted by molar-refractivity contribution is 8.00. The summed E-state index contributed by atoms with van der Waals surface area (Å²) in [5.41, 5.74) is 0.721. The van der Waals surface area contributed by atoms with Crippen LogP contribution in [0.5, 0.6) is 5.75 Å². The smallest absolute Gasteiger partial charge is 0.233 e. The standard InChI is InChI=1S/C12H15N5O2S/c1-3-13-11(19)8(2)20-12-14-15-16-17(12)9-4-6-10(18)7-5-9/h4-8,18H,3H2,1-2H3,(H,13,19)/t8-/m0/s1. The first-order valence-corrected chi connectivity index (χ1v) is 7.02. The highest BCUT2D eigenvalue weighted by Crippen LogP contribution is 2.23. The molecule has 0 saturated heterocycles. The number of carbonyl (C=O) groups excluding carboxylic acids is 1. The Morgan fingerprint density at radius 2 is 2.15 bits per heavy atom. The quantitative estimate of drug-likeness (QED) is 0.798. The van der Waals surface area contributed by atoms with Gasteiger partial charge in [-0.25, -0.2) is 0 Å². The van der Waals surface area contributed by atoms with Gasteiger partial charge in [-0.1, -0.05) is 11.8 Å². The number of benzene rings is 1. The summed E-state index contributed by atoms with van der Waals surface area (Å²) in [5, 5.41) is 23.7. The highest BCUT2D eigenvalue weighted by Gasteiger charge is 2.18. The summed E-state index contributed by atoms with van der Waals surface area (Å²) in [6.45, 7) is 4.26. The summed E-state index contributed by atoms with van der Waals surface area (Å²) >= 11 is 1.28. The van der Waals surface area contributed by atoms with Gasteiger partial charge in [0.05, 0.1) is 10.9 Å². The molecule has 106 valence electrons. The Morgan fingerprint density at radius 1 is 1.45 bits per heavy atom. The fourth-order valence-corrected chi connectivity index (χ4v) is 2.37. The van der Waals surface area contributed by atoms with Crippen molar-refractivity contribution in [3.05, 3.63) is 24.3 Å². The zero-order valence-electron chi connectivity index (χ0n) is 11.1. The monoisotopic (exact) mass is 293 g/mol. The van der Waals surface area contributed by atoms with Crippen LogP contribution in [0.15, 0.2) is 29.4 Å². The molecule has 1 atom stereocenters. The van der Waals surface area contributed by atoms with Crippen molar-refractivity contribution in [1.82, 2.24) is 25.5 Å². The number of amides is 1. The Kier molecular flexibility index (Phi) is 4.57. The van der Waals surface area contributed by atoms with Crippen LogP contribution in [-0.4, -0.2) is 43.0 Å². The second-order valence-corrected chi connectivity index (χ2v) is 5.35. The van der Waals surface area contributed by atoms with Crippen LogP contribution in [0.3, 0.4) is 0 Å². The molecule has 2 rings (SSSR count). The van der Waals surface area contributed by atoms with E-state index in [1.165, 1.54) is 16.4 Å². The maximum absolute atomic E-state index is 11.7. The van der Waals surface area contributed by atoms with Crippen LogP contribution in [0.2, 0.25) is 0 Å². The van der Waals surface area contributed by atoms with Crippen LogP contribution in [0.1, 0.15) is 13.8 Å². The molecular weight excluding hydrogens is 278 g/mol. The summed E-state index contributed by atoms with van der Waals surface area (Å²) in [4.78, 5) is 11.7. The maximum atomic E-state index is 11.7. The number of nitrogens with zero attached hydrogens (tertiary/aromatic N) is 4. The van der Waals surface area contributed by atoms with E-state index in [1.54, 1.807) is 31.2 Å². The Labute approximate surface area is 120 Å². The third-order valence-corrected chi connectivity index (χ3v) is 3.57. The molecule has 2 aromatic rings. The number of rotatable bonds is 5. The van der Waals surface area contributed by atoms with Gasteiger partial charge in [0.15, 0.2) is 0 Å².